The highest BCUT2D eigenvalue weighted by molar-refractivity contribution is 8.13. The summed E-state index contributed by atoms with van der Waals surface area (Å²) in [6.07, 6.45) is -0.265. The second-order valence-corrected chi connectivity index (χ2v) is 9.45. The third-order valence-electron chi connectivity index (χ3n) is 4.30. The standard InChI is InChI=1S/C24H26O9S2/c1-15(14-34-23(27)32-19-9-5-17(6-10-19)21(25)29-3)31-13-16(2)35-24(28)33-20-11-7-18(8-12-20)22(26)30-4/h5-12,15-16H,13-14H2,1-4H3. The number of ether oxygens (including phenoxy) is 5. The predicted molar refractivity (Wildman–Crippen MR) is 133 cm³/mol. The Morgan fingerprint density at radius 1 is 0.743 bits per heavy atom. The van der Waals surface area contributed by atoms with Gasteiger partial charge in [0.2, 0.25) is 0 Å². The Bertz CT molecular complexity index is 1010. The lowest BCUT2D eigenvalue weighted by molar-refractivity contribution is 0.0592. The molecule has 0 aromatic heterocycles. The van der Waals surface area contributed by atoms with Crippen LogP contribution < -0.4 is 9.47 Å². The van der Waals surface area contributed by atoms with Crippen molar-refractivity contribution < 1.29 is 42.9 Å². The van der Waals surface area contributed by atoms with Crippen LogP contribution in [-0.2, 0) is 14.2 Å². The van der Waals surface area contributed by atoms with E-state index in [1.54, 1.807) is 0 Å². The van der Waals surface area contributed by atoms with Crippen LogP contribution in [0.5, 0.6) is 11.5 Å². The first kappa shape index (κ1) is 28.2. The molecule has 35 heavy (non-hydrogen) atoms. The van der Waals surface area contributed by atoms with E-state index in [0.717, 1.165) is 23.5 Å². The highest BCUT2D eigenvalue weighted by atomic mass is 32.2. The molecular weight excluding hydrogens is 496 g/mol. The average Bonchev–Trinajstić information content (AvgIpc) is 2.86. The maximum atomic E-state index is 12.1. The number of carbonyl (C=O) groups excluding carboxylic acids is 4. The maximum absolute atomic E-state index is 12.1. The van der Waals surface area contributed by atoms with Crippen LogP contribution >= 0.6 is 23.5 Å². The van der Waals surface area contributed by atoms with Crippen molar-refractivity contribution in [2.24, 2.45) is 0 Å². The van der Waals surface area contributed by atoms with Gasteiger partial charge in [-0.3, -0.25) is 0 Å². The lowest BCUT2D eigenvalue weighted by Crippen LogP contribution is -2.20. The number of benzene rings is 2. The van der Waals surface area contributed by atoms with Gasteiger partial charge in [-0.15, -0.1) is 0 Å². The Balaban J connectivity index is 1.66. The lowest BCUT2D eigenvalue weighted by Gasteiger charge is -2.16. The third kappa shape index (κ3) is 10.0. The van der Waals surface area contributed by atoms with Crippen LogP contribution in [0.25, 0.3) is 0 Å². The predicted octanol–water partition coefficient (Wildman–Crippen LogP) is 5.22. The molecule has 0 amide bonds. The highest BCUT2D eigenvalue weighted by Gasteiger charge is 2.16. The van der Waals surface area contributed by atoms with Gasteiger partial charge in [-0.2, -0.15) is 0 Å². The summed E-state index contributed by atoms with van der Waals surface area (Å²) in [4.78, 5) is 47.0. The topological polar surface area (TPSA) is 114 Å². The Morgan fingerprint density at radius 2 is 1.20 bits per heavy atom. The molecule has 0 saturated heterocycles. The number of carbonyl (C=O) groups is 4. The van der Waals surface area contributed by atoms with Crippen LogP contribution in [0, 0.1) is 0 Å². The molecule has 2 unspecified atom stereocenters. The molecule has 2 aromatic rings. The van der Waals surface area contributed by atoms with E-state index < -0.39 is 22.5 Å². The van der Waals surface area contributed by atoms with Crippen molar-refractivity contribution in [3.63, 3.8) is 0 Å². The number of esters is 2. The molecular formula is C24H26O9S2. The van der Waals surface area contributed by atoms with Gasteiger partial charge in [0.1, 0.15) is 11.5 Å². The average molecular weight is 523 g/mol. The highest BCUT2D eigenvalue weighted by Crippen LogP contribution is 2.21. The van der Waals surface area contributed by atoms with Crippen LogP contribution in [0.15, 0.2) is 48.5 Å². The molecule has 0 spiro atoms. The molecule has 0 saturated carbocycles. The number of rotatable bonds is 10. The lowest BCUT2D eigenvalue weighted by atomic mass is 10.2. The summed E-state index contributed by atoms with van der Waals surface area (Å²) in [5.41, 5.74) is 0.711. The molecule has 2 atom stereocenters. The van der Waals surface area contributed by atoms with Gasteiger partial charge in [-0.1, -0.05) is 6.92 Å². The number of thioether (sulfide) groups is 2. The van der Waals surface area contributed by atoms with Gasteiger partial charge in [0.05, 0.1) is 38.1 Å². The van der Waals surface area contributed by atoms with Gasteiger partial charge in [0, 0.05) is 11.0 Å². The summed E-state index contributed by atoms with van der Waals surface area (Å²) in [6, 6.07) is 12.1. The summed E-state index contributed by atoms with van der Waals surface area (Å²) in [5, 5.41) is -1.20. The van der Waals surface area contributed by atoms with Gasteiger partial charge in [0.15, 0.2) is 0 Å². The second-order valence-electron chi connectivity index (χ2n) is 7.12. The van der Waals surface area contributed by atoms with Crippen molar-refractivity contribution in [2.45, 2.75) is 25.2 Å². The molecule has 2 aromatic carbocycles. The zero-order chi connectivity index (χ0) is 25.8. The molecule has 0 radical (unpaired) electrons. The SMILES string of the molecule is COC(=O)c1ccc(OC(=O)SCC(C)OCC(C)SC(=O)Oc2ccc(C(=O)OC)cc2)cc1. The fourth-order valence-electron chi connectivity index (χ4n) is 2.53. The number of hydrogen-bond acceptors (Lipinski definition) is 11. The van der Waals surface area contributed by atoms with Crippen molar-refractivity contribution in [1.82, 2.24) is 0 Å². The molecule has 9 nitrogen and oxygen atoms in total. The smallest absolute Gasteiger partial charge is 0.373 e. The van der Waals surface area contributed by atoms with E-state index in [9.17, 15) is 19.2 Å². The molecule has 0 aliphatic heterocycles. The van der Waals surface area contributed by atoms with E-state index in [0.29, 0.717) is 28.4 Å². The van der Waals surface area contributed by atoms with Crippen LogP contribution in [0.1, 0.15) is 34.6 Å². The minimum absolute atomic E-state index is 0.190. The zero-order valence-corrected chi connectivity index (χ0v) is 21.3. The second kappa shape index (κ2) is 14.4. The summed E-state index contributed by atoms with van der Waals surface area (Å²) in [5.74, 6) is 0.0303. The van der Waals surface area contributed by atoms with Crippen molar-refractivity contribution in [2.75, 3.05) is 26.6 Å². The van der Waals surface area contributed by atoms with E-state index in [-0.39, 0.29) is 18.0 Å². The first-order valence-electron chi connectivity index (χ1n) is 10.4. The van der Waals surface area contributed by atoms with E-state index >= 15 is 0 Å². The van der Waals surface area contributed by atoms with Gasteiger partial charge in [-0.05, 0) is 79.0 Å². The molecule has 0 bridgehead atoms. The van der Waals surface area contributed by atoms with E-state index in [2.05, 4.69) is 9.47 Å². The minimum atomic E-state index is -0.504. The summed E-state index contributed by atoms with van der Waals surface area (Å²) >= 11 is 1.93. The van der Waals surface area contributed by atoms with Crippen molar-refractivity contribution >= 4 is 46.1 Å². The summed E-state index contributed by atoms with van der Waals surface area (Å²) in [6.45, 7) is 3.90. The monoisotopic (exact) mass is 522 g/mol. The Kier molecular flexibility index (Phi) is 11.6. The van der Waals surface area contributed by atoms with E-state index in [1.165, 1.54) is 62.8 Å². The maximum Gasteiger partial charge on any atom is 0.373 e. The molecule has 0 aliphatic rings. The Hall–Kier alpha value is -3.02. The van der Waals surface area contributed by atoms with Crippen LogP contribution in [0.4, 0.5) is 9.59 Å². The third-order valence-corrected chi connectivity index (χ3v) is 6.07. The molecule has 0 fully saturated rings. The van der Waals surface area contributed by atoms with Crippen LogP contribution in [-0.4, -0.2) is 60.5 Å². The zero-order valence-electron chi connectivity index (χ0n) is 19.7. The fourth-order valence-corrected chi connectivity index (χ4v) is 3.77. The minimum Gasteiger partial charge on any atom is -0.465 e. The van der Waals surface area contributed by atoms with Crippen LogP contribution in [0.3, 0.4) is 0 Å². The molecule has 0 aliphatic carbocycles. The van der Waals surface area contributed by atoms with E-state index in [4.69, 9.17) is 14.2 Å². The molecule has 188 valence electrons. The van der Waals surface area contributed by atoms with Gasteiger partial charge in [0.25, 0.3) is 0 Å². The Labute approximate surface area is 211 Å². The van der Waals surface area contributed by atoms with Gasteiger partial charge < -0.3 is 23.7 Å². The van der Waals surface area contributed by atoms with Crippen molar-refractivity contribution in [3.05, 3.63) is 59.7 Å². The Morgan fingerprint density at radius 3 is 1.66 bits per heavy atom. The summed E-state index contributed by atoms with van der Waals surface area (Å²) < 4.78 is 25.4. The fraction of sp³-hybridized carbons (Fsp3) is 0.333. The van der Waals surface area contributed by atoms with E-state index in [1.807, 2.05) is 13.8 Å². The van der Waals surface area contributed by atoms with Crippen molar-refractivity contribution in [1.29, 1.82) is 0 Å². The number of hydrogen-bond donors (Lipinski definition) is 0. The largest absolute Gasteiger partial charge is 0.465 e. The van der Waals surface area contributed by atoms with Crippen LogP contribution in [0.2, 0.25) is 0 Å². The quantitative estimate of drug-likeness (QED) is 0.383. The first-order valence-corrected chi connectivity index (χ1v) is 12.3. The van der Waals surface area contributed by atoms with Crippen molar-refractivity contribution in [3.8, 4) is 11.5 Å². The number of methoxy groups -OCH3 is 2. The summed E-state index contributed by atoms with van der Waals surface area (Å²) in [7, 11) is 2.58. The molecule has 11 heteroatoms. The molecule has 0 heterocycles. The first-order chi connectivity index (χ1) is 16.7. The van der Waals surface area contributed by atoms with Gasteiger partial charge in [-0.25, -0.2) is 19.2 Å². The van der Waals surface area contributed by atoms with Gasteiger partial charge >= 0.3 is 22.5 Å². The molecule has 2 rings (SSSR count). The normalized spacial score (nSPS) is 12.2. The molecule has 0 N–H and O–H groups in total.